The molecular weight excluding hydrogens is 367 g/mol. The molecule has 0 spiro atoms. The molecule has 0 aliphatic rings. The standard InChI is InChI=1S/3C5H9.C3H6O2.Sn/c3*1-4-5(2)3;1-2-3(4)5;/h3*4H,1H2,2-3H3;2H2,1H3,(H,4,5);/q;;;;+1/p-1. The van der Waals surface area contributed by atoms with E-state index in [-0.39, 0.29) is 5.97 Å². The van der Waals surface area contributed by atoms with Crippen molar-refractivity contribution in [3.8, 4) is 0 Å². The Labute approximate surface area is 135 Å². The molecule has 0 unspecified atom stereocenters. The Morgan fingerprint density at radius 1 is 0.810 bits per heavy atom. The Balaban J connectivity index is 5.44. The quantitative estimate of drug-likeness (QED) is 0.382. The van der Waals surface area contributed by atoms with Gasteiger partial charge in [-0.25, -0.2) is 0 Å². The monoisotopic (exact) mass is 400 g/mol. The van der Waals surface area contributed by atoms with Crippen LogP contribution in [0.15, 0.2) is 34.9 Å². The van der Waals surface area contributed by atoms with Gasteiger partial charge in [-0.2, -0.15) is 0 Å². The molecule has 0 amide bonds. The molecule has 0 atom stereocenters. The van der Waals surface area contributed by atoms with Crippen molar-refractivity contribution in [2.24, 2.45) is 0 Å². The third-order valence-electron chi connectivity index (χ3n) is 3.27. The van der Waals surface area contributed by atoms with Gasteiger partial charge >= 0.3 is 136 Å². The molecule has 0 rings (SSSR count). The van der Waals surface area contributed by atoms with Gasteiger partial charge in [-0.05, 0) is 0 Å². The summed E-state index contributed by atoms with van der Waals surface area (Å²) in [6.45, 7) is 14.5. The van der Waals surface area contributed by atoms with E-state index in [1.54, 1.807) is 0 Å². The summed E-state index contributed by atoms with van der Waals surface area (Å²) < 4.78 is 8.98. The number of carbonyl (C=O) groups is 1. The van der Waals surface area contributed by atoms with Crippen LogP contribution in [0.3, 0.4) is 0 Å². The van der Waals surface area contributed by atoms with Crippen LogP contribution in [0.25, 0.3) is 0 Å². The second kappa shape index (κ2) is 10.3. The maximum atomic E-state index is 11.9. The summed E-state index contributed by atoms with van der Waals surface area (Å²) in [6.07, 6.45) is 7.25. The Bertz CT molecular complexity index is 368. The molecule has 0 aliphatic carbocycles. The van der Waals surface area contributed by atoms with Crippen LogP contribution in [-0.2, 0) is 7.87 Å². The molecule has 0 saturated carbocycles. The second-order valence-corrected chi connectivity index (χ2v) is 17.3. The summed E-state index contributed by atoms with van der Waals surface area (Å²) in [5.41, 5.74) is 3.91. The molecule has 0 aliphatic heterocycles. The van der Waals surface area contributed by atoms with Crippen molar-refractivity contribution >= 4 is 24.8 Å². The van der Waals surface area contributed by atoms with Gasteiger partial charge < -0.3 is 0 Å². The van der Waals surface area contributed by atoms with E-state index in [4.69, 9.17) is 3.07 Å². The summed E-state index contributed by atoms with van der Waals surface area (Å²) in [6, 6.07) is 0. The molecule has 2 nitrogen and oxygen atoms in total. The van der Waals surface area contributed by atoms with E-state index in [9.17, 15) is 4.79 Å². The van der Waals surface area contributed by atoms with Crippen LogP contribution in [0, 0.1) is 0 Å². The summed E-state index contributed by atoms with van der Waals surface area (Å²) >= 11 is -3.01. The predicted molar refractivity (Wildman–Crippen MR) is 94.9 cm³/mol. The fraction of sp³-hybridized carbons (Fsp3) is 0.611. The molecule has 0 aromatic rings. The van der Waals surface area contributed by atoms with E-state index in [0.717, 1.165) is 13.3 Å². The van der Waals surface area contributed by atoms with Crippen molar-refractivity contribution in [1.82, 2.24) is 0 Å². The molecule has 0 bridgehead atoms. The summed E-state index contributed by atoms with van der Waals surface area (Å²) in [5, 5.41) is 0. The van der Waals surface area contributed by atoms with E-state index in [0.29, 0.717) is 6.42 Å². The molecule has 21 heavy (non-hydrogen) atoms. The molecule has 0 aromatic carbocycles. The normalized spacial score (nSPS) is 10.6. The average molecular weight is 399 g/mol. The fourth-order valence-corrected chi connectivity index (χ4v) is 12.5. The van der Waals surface area contributed by atoms with Crippen LogP contribution in [-0.4, -0.2) is 24.8 Å². The van der Waals surface area contributed by atoms with Gasteiger partial charge in [0.2, 0.25) is 0 Å². The van der Waals surface area contributed by atoms with Crippen LogP contribution in [0.1, 0.15) is 54.9 Å². The number of allylic oxidation sites excluding steroid dienone is 6. The number of carbonyl (C=O) groups excluding carboxylic acids is 1. The minimum atomic E-state index is -3.01. The summed E-state index contributed by atoms with van der Waals surface area (Å²) in [5.74, 6) is -0.0303. The van der Waals surface area contributed by atoms with Crippen molar-refractivity contribution < 1.29 is 7.87 Å². The van der Waals surface area contributed by atoms with Crippen molar-refractivity contribution in [1.29, 1.82) is 0 Å². The number of hydrogen-bond acceptors (Lipinski definition) is 2. The SMILES string of the molecule is CCC(=O)[O][Sn]([CH2]C=C(C)C)([CH2]C=C(C)C)[CH2]C=C(C)C. The van der Waals surface area contributed by atoms with E-state index in [1.165, 1.54) is 16.7 Å². The van der Waals surface area contributed by atoms with E-state index in [2.05, 4.69) is 59.8 Å². The number of rotatable bonds is 8. The van der Waals surface area contributed by atoms with Gasteiger partial charge in [-0.3, -0.25) is 0 Å². The molecule has 0 radical (unpaired) electrons. The van der Waals surface area contributed by atoms with Gasteiger partial charge in [0.15, 0.2) is 0 Å². The van der Waals surface area contributed by atoms with E-state index in [1.807, 2.05) is 6.92 Å². The van der Waals surface area contributed by atoms with Crippen molar-refractivity contribution in [3.63, 3.8) is 0 Å². The predicted octanol–water partition coefficient (Wildman–Crippen LogP) is 5.78. The van der Waals surface area contributed by atoms with E-state index >= 15 is 0 Å². The molecule has 0 fully saturated rings. The van der Waals surface area contributed by atoms with Crippen LogP contribution in [0.4, 0.5) is 0 Å². The Morgan fingerprint density at radius 2 is 1.14 bits per heavy atom. The van der Waals surface area contributed by atoms with Gasteiger partial charge in [0.05, 0.1) is 0 Å². The van der Waals surface area contributed by atoms with Crippen LogP contribution in [0.5, 0.6) is 0 Å². The van der Waals surface area contributed by atoms with Crippen LogP contribution >= 0.6 is 0 Å². The van der Waals surface area contributed by atoms with Gasteiger partial charge in [-0.15, -0.1) is 0 Å². The fourth-order valence-electron chi connectivity index (χ4n) is 1.86. The van der Waals surface area contributed by atoms with Crippen molar-refractivity contribution in [2.45, 2.75) is 68.2 Å². The molecule has 3 heteroatoms. The third-order valence-corrected chi connectivity index (χ3v) is 13.3. The van der Waals surface area contributed by atoms with Crippen LogP contribution < -0.4 is 0 Å². The van der Waals surface area contributed by atoms with Crippen molar-refractivity contribution in [2.75, 3.05) is 0 Å². The zero-order chi connectivity index (χ0) is 16.5. The van der Waals surface area contributed by atoms with Gasteiger partial charge in [0.25, 0.3) is 0 Å². The Morgan fingerprint density at radius 3 is 1.38 bits per heavy atom. The zero-order valence-corrected chi connectivity index (χ0v) is 17.7. The van der Waals surface area contributed by atoms with Gasteiger partial charge in [-0.1, -0.05) is 0 Å². The molecule has 120 valence electrons. The summed E-state index contributed by atoms with van der Waals surface area (Å²) in [4.78, 5) is 11.9. The first kappa shape index (κ1) is 20.5. The maximum absolute atomic E-state index is 11.9. The number of hydrogen-bond donors (Lipinski definition) is 0. The minimum absolute atomic E-state index is 0.0303. The average Bonchev–Trinajstić information content (AvgIpc) is 2.40. The topological polar surface area (TPSA) is 26.3 Å². The van der Waals surface area contributed by atoms with Gasteiger partial charge in [0.1, 0.15) is 0 Å². The summed E-state index contributed by atoms with van der Waals surface area (Å²) in [7, 11) is 0. The third kappa shape index (κ3) is 9.94. The second-order valence-electron chi connectivity index (χ2n) is 6.47. The molecule has 0 heterocycles. The molecule has 0 saturated heterocycles. The molecule has 0 N–H and O–H groups in total. The Kier molecular flexibility index (Phi) is 10.0. The van der Waals surface area contributed by atoms with Gasteiger partial charge in [0, 0.05) is 0 Å². The molecular formula is C18H32O2Sn. The van der Waals surface area contributed by atoms with Crippen molar-refractivity contribution in [3.05, 3.63) is 34.9 Å². The Hall–Kier alpha value is -0.511. The van der Waals surface area contributed by atoms with E-state index < -0.39 is 18.8 Å². The first-order valence-electron chi connectivity index (χ1n) is 7.82. The first-order valence-corrected chi connectivity index (χ1v) is 15.0. The molecule has 0 aromatic heterocycles. The first-order chi connectivity index (χ1) is 9.70. The zero-order valence-electron chi connectivity index (χ0n) is 14.9. The van der Waals surface area contributed by atoms with Crippen LogP contribution in [0.2, 0.25) is 13.3 Å².